The summed E-state index contributed by atoms with van der Waals surface area (Å²) in [5, 5.41) is 11.6. The SMILES string of the molecule is C[C@H](C(=O)OCC(=O)NC1CC1)S(=O)(=O)c1ccc([N+](=O)[O-])cc1. The molecule has 0 spiro atoms. The molecular formula is C14H16N2O7S. The van der Waals surface area contributed by atoms with Crippen LogP contribution in [0, 0.1) is 10.1 Å². The largest absolute Gasteiger partial charge is 0.455 e. The molecule has 1 fully saturated rings. The number of sulfone groups is 1. The van der Waals surface area contributed by atoms with Crippen LogP contribution in [0.4, 0.5) is 5.69 Å². The Balaban J connectivity index is 1.99. The molecule has 1 aromatic carbocycles. The molecule has 1 amide bonds. The predicted molar refractivity (Wildman–Crippen MR) is 81.9 cm³/mol. The minimum atomic E-state index is -4.07. The number of nitrogens with zero attached hydrogens (tertiary/aromatic N) is 1. The summed E-state index contributed by atoms with van der Waals surface area (Å²) in [5.41, 5.74) is -0.263. The number of carbonyl (C=O) groups excluding carboxylic acids is 2. The van der Waals surface area contributed by atoms with Gasteiger partial charge in [0, 0.05) is 18.2 Å². The van der Waals surface area contributed by atoms with Gasteiger partial charge >= 0.3 is 5.97 Å². The summed E-state index contributed by atoms with van der Waals surface area (Å²) in [6, 6.07) is 4.29. The van der Waals surface area contributed by atoms with Gasteiger partial charge in [0.05, 0.1) is 9.82 Å². The normalized spacial score (nSPS) is 15.4. The van der Waals surface area contributed by atoms with E-state index in [-0.39, 0.29) is 16.6 Å². The molecule has 130 valence electrons. The summed E-state index contributed by atoms with van der Waals surface area (Å²) in [4.78, 5) is 33.0. The molecule has 0 bridgehead atoms. The third-order valence-electron chi connectivity index (χ3n) is 3.46. The number of nitrogens with one attached hydrogen (secondary N) is 1. The van der Waals surface area contributed by atoms with E-state index >= 15 is 0 Å². The molecule has 0 aromatic heterocycles. The Bertz CT molecular complexity index is 754. The number of carbonyl (C=O) groups is 2. The van der Waals surface area contributed by atoms with Gasteiger partial charge in [-0.05, 0) is 31.9 Å². The van der Waals surface area contributed by atoms with Gasteiger partial charge in [-0.3, -0.25) is 19.7 Å². The van der Waals surface area contributed by atoms with Crippen LogP contribution in [0.15, 0.2) is 29.2 Å². The molecule has 1 aliphatic rings. The van der Waals surface area contributed by atoms with E-state index in [2.05, 4.69) is 5.32 Å². The minimum Gasteiger partial charge on any atom is -0.455 e. The Morgan fingerprint density at radius 3 is 2.42 bits per heavy atom. The quantitative estimate of drug-likeness (QED) is 0.429. The molecule has 0 radical (unpaired) electrons. The summed E-state index contributed by atoms with van der Waals surface area (Å²) >= 11 is 0. The van der Waals surface area contributed by atoms with Crippen molar-refractivity contribution in [2.45, 2.75) is 36.0 Å². The van der Waals surface area contributed by atoms with Crippen LogP contribution in [0.2, 0.25) is 0 Å². The topological polar surface area (TPSA) is 133 Å². The van der Waals surface area contributed by atoms with E-state index in [1.165, 1.54) is 0 Å². The monoisotopic (exact) mass is 356 g/mol. The summed E-state index contributed by atoms with van der Waals surface area (Å²) < 4.78 is 29.4. The molecule has 1 aromatic rings. The van der Waals surface area contributed by atoms with Gasteiger partial charge in [-0.25, -0.2) is 8.42 Å². The Morgan fingerprint density at radius 2 is 1.92 bits per heavy atom. The smallest absolute Gasteiger partial charge is 0.324 e. The van der Waals surface area contributed by atoms with Gasteiger partial charge in [-0.2, -0.15) is 0 Å². The maximum Gasteiger partial charge on any atom is 0.324 e. The number of amides is 1. The Kier molecular flexibility index (Phi) is 5.17. The third kappa shape index (κ3) is 4.28. The summed E-state index contributed by atoms with van der Waals surface area (Å²) in [5.74, 6) is -1.54. The van der Waals surface area contributed by atoms with Gasteiger partial charge in [0.15, 0.2) is 21.7 Å². The van der Waals surface area contributed by atoms with Crippen LogP contribution in [0.1, 0.15) is 19.8 Å². The number of ether oxygens (including phenoxy) is 1. The molecule has 1 N–H and O–H groups in total. The molecule has 0 saturated heterocycles. The summed E-state index contributed by atoms with van der Waals surface area (Å²) in [6.07, 6.45) is 1.76. The first-order chi connectivity index (χ1) is 11.2. The Morgan fingerprint density at radius 1 is 1.33 bits per heavy atom. The molecule has 2 rings (SSSR count). The third-order valence-corrected chi connectivity index (χ3v) is 5.51. The number of rotatable bonds is 7. The van der Waals surface area contributed by atoms with E-state index in [1.807, 2.05) is 0 Å². The van der Waals surface area contributed by atoms with Crippen LogP contribution in [-0.4, -0.2) is 43.1 Å². The Hall–Kier alpha value is -2.49. The van der Waals surface area contributed by atoms with Gasteiger partial charge in [0.1, 0.15) is 0 Å². The van der Waals surface area contributed by atoms with Crippen molar-refractivity contribution in [3.63, 3.8) is 0 Å². The molecule has 1 atom stereocenters. The highest BCUT2D eigenvalue weighted by atomic mass is 32.2. The van der Waals surface area contributed by atoms with Crippen LogP contribution in [0.3, 0.4) is 0 Å². The van der Waals surface area contributed by atoms with Gasteiger partial charge in [-0.1, -0.05) is 0 Å². The second-order valence-electron chi connectivity index (χ2n) is 5.39. The van der Waals surface area contributed by atoms with E-state index in [4.69, 9.17) is 4.74 Å². The number of esters is 1. The zero-order valence-corrected chi connectivity index (χ0v) is 13.6. The van der Waals surface area contributed by atoms with Crippen molar-refractivity contribution in [3.05, 3.63) is 34.4 Å². The van der Waals surface area contributed by atoms with Crippen LogP contribution in [0.25, 0.3) is 0 Å². The highest BCUT2D eigenvalue weighted by Gasteiger charge is 2.32. The van der Waals surface area contributed by atoms with Crippen LogP contribution in [-0.2, 0) is 24.2 Å². The number of benzene rings is 1. The lowest BCUT2D eigenvalue weighted by molar-refractivity contribution is -0.384. The summed E-state index contributed by atoms with van der Waals surface area (Å²) in [6.45, 7) is 0.591. The maximum atomic E-state index is 12.3. The van der Waals surface area contributed by atoms with Crippen molar-refractivity contribution in [3.8, 4) is 0 Å². The summed E-state index contributed by atoms with van der Waals surface area (Å²) in [7, 11) is -4.07. The number of non-ortho nitro benzene ring substituents is 1. The van der Waals surface area contributed by atoms with Crippen molar-refractivity contribution in [2.24, 2.45) is 0 Å². The van der Waals surface area contributed by atoms with Gasteiger partial charge in [0.2, 0.25) is 0 Å². The first kappa shape index (κ1) is 17.9. The molecule has 0 heterocycles. The molecular weight excluding hydrogens is 340 g/mol. The van der Waals surface area contributed by atoms with Crippen molar-refractivity contribution < 1.29 is 27.7 Å². The highest BCUT2D eigenvalue weighted by molar-refractivity contribution is 7.92. The van der Waals surface area contributed by atoms with Crippen molar-refractivity contribution in [1.82, 2.24) is 5.32 Å². The molecule has 9 nitrogen and oxygen atoms in total. The van der Waals surface area contributed by atoms with Gasteiger partial charge in [-0.15, -0.1) is 0 Å². The highest BCUT2D eigenvalue weighted by Crippen LogP contribution is 2.21. The van der Waals surface area contributed by atoms with E-state index in [0.29, 0.717) is 0 Å². The van der Waals surface area contributed by atoms with Crippen LogP contribution >= 0.6 is 0 Å². The average molecular weight is 356 g/mol. The average Bonchev–Trinajstić information content (AvgIpc) is 3.35. The number of hydrogen-bond donors (Lipinski definition) is 1. The van der Waals surface area contributed by atoms with Crippen LogP contribution in [0.5, 0.6) is 0 Å². The second kappa shape index (κ2) is 6.95. The first-order valence-electron chi connectivity index (χ1n) is 7.16. The lowest BCUT2D eigenvalue weighted by Crippen LogP contribution is -2.34. The molecule has 10 heteroatoms. The predicted octanol–water partition coefficient (Wildman–Crippen LogP) is 0.579. The van der Waals surface area contributed by atoms with E-state index in [1.54, 1.807) is 0 Å². The molecule has 0 unspecified atom stereocenters. The fourth-order valence-electron chi connectivity index (χ4n) is 1.84. The molecule has 24 heavy (non-hydrogen) atoms. The van der Waals surface area contributed by atoms with Gasteiger partial charge in [0.25, 0.3) is 11.6 Å². The zero-order valence-electron chi connectivity index (χ0n) is 12.8. The molecule has 1 aliphatic carbocycles. The van der Waals surface area contributed by atoms with Crippen molar-refractivity contribution in [2.75, 3.05) is 6.61 Å². The van der Waals surface area contributed by atoms with E-state index < -0.39 is 38.5 Å². The lowest BCUT2D eigenvalue weighted by Gasteiger charge is -2.12. The van der Waals surface area contributed by atoms with Gasteiger partial charge < -0.3 is 10.1 Å². The maximum absolute atomic E-state index is 12.3. The molecule has 0 aliphatic heterocycles. The standard InChI is InChI=1S/C14H16N2O7S/c1-9(14(18)23-8-13(17)15-10-2-3-10)24(21,22)12-6-4-11(5-7-12)16(19)20/h4-7,9-10H,2-3,8H2,1H3,(H,15,17)/t9-/m1/s1. The first-order valence-corrected chi connectivity index (χ1v) is 8.71. The number of nitro groups is 1. The fourth-order valence-corrected chi connectivity index (χ4v) is 3.08. The lowest BCUT2D eigenvalue weighted by atomic mass is 10.3. The zero-order chi connectivity index (χ0) is 17.9. The minimum absolute atomic E-state index is 0.109. The Labute approximate surface area is 138 Å². The second-order valence-corrected chi connectivity index (χ2v) is 7.66. The van der Waals surface area contributed by atoms with E-state index in [0.717, 1.165) is 44.0 Å². The van der Waals surface area contributed by atoms with Crippen LogP contribution < -0.4 is 5.32 Å². The van der Waals surface area contributed by atoms with Crippen molar-refractivity contribution >= 4 is 27.4 Å². The van der Waals surface area contributed by atoms with E-state index in [9.17, 15) is 28.1 Å². The van der Waals surface area contributed by atoms with Crippen molar-refractivity contribution in [1.29, 1.82) is 0 Å². The number of hydrogen-bond acceptors (Lipinski definition) is 7. The molecule has 1 saturated carbocycles. The fraction of sp³-hybridized carbons (Fsp3) is 0.429. The number of nitro benzene ring substituents is 1.